The highest BCUT2D eigenvalue weighted by Gasteiger charge is 2.50. The average Bonchev–Trinajstić information content (AvgIpc) is 4.13. The van der Waals surface area contributed by atoms with Crippen molar-refractivity contribution in [3.05, 3.63) is 266 Å². The van der Waals surface area contributed by atoms with E-state index in [0.29, 0.717) is 0 Å². The average molecular weight is 797 g/mol. The number of hydrogen-bond acceptors (Lipinski definition) is 2. The Balaban J connectivity index is 1.11. The maximum atomic E-state index is 5.45. The molecule has 0 saturated carbocycles. The molecule has 2 heterocycles. The number of allylic oxidation sites excluding steroid dienone is 10. The van der Waals surface area contributed by atoms with Gasteiger partial charge in [-0.2, -0.15) is 0 Å². The lowest BCUT2D eigenvalue weighted by molar-refractivity contribution is 0.779. The van der Waals surface area contributed by atoms with Gasteiger partial charge in [0.15, 0.2) is 0 Å². The maximum absolute atomic E-state index is 5.45. The summed E-state index contributed by atoms with van der Waals surface area (Å²) in [6.45, 7) is 0. The van der Waals surface area contributed by atoms with Gasteiger partial charge in [-0.1, -0.05) is 182 Å². The third-order valence-corrected chi connectivity index (χ3v) is 14.0. The van der Waals surface area contributed by atoms with Crippen LogP contribution in [0.15, 0.2) is 227 Å². The van der Waals surface area contributed by atoms with Gasteiger partial charge in [0.25, 0.3) is 0 Å². The standard InChI is InChI=1S/C61H36N2/c1-2-15-37(16-3-1)40-19-8-9-22-43(40)44-23-10-11-24-45(44)49-29-32-55-58(59-56(62-55)33-30-50-48-25-12-13-27-54(48)63-60(50)59)57(49)51-31-28-47-42-21-7-5-18-39(42)36-53(47)61(51)34-14-26-46-41-20-6-4-17-38(41)35-52(46)61/h1-36H. The number of para-hydroxylation sites is 1. The van der Waals surface area contributed by atoms with Crippen molar-refractivity contribution in [1.29, 1.82) is 0 Å². The highest BCUT2D eigenvalue weighted by atomic mass is 14.8. The molecule has 0 radical (unpaired) electrons. The van der Waals surface area contributed by atoms with E-state index in [2.05, 4.69) is 218 Å². The Morgan fingerprint density at radius 1 is 0.349 bits per heavy atom. The Hall–Kier alpha value is -8.20. The Morgan fingerprint density at radius 2 is 0.952 bits per heavy atom. The topological polar surface area (TPSA) is 24.7 Å². The summed E-state index contributed by atoms with van der Waals surface area (Å²) in [7, 11) is 0. The second-order valence-corrected chi connectivity index (χ2v) is 17.1. The number of nitrogens with zero attached hydrogens (tertiary/aromatic N) is 2. The monoisotopic (exact) mass is 796 g/mol. The van der Waals surface area contributed by atoms with E-state index in [1.54, 1.807) is 0 Å². The van der Waals surface area contributed by atoms with Crippen molar-refractivity contribution >= 4 is 40.2 Å². The lowest BCUT2D eigenvalue weighted by atomic mass is 9.58. The van der Waals surface area contributed by atoms with E-state index in [4.69, 9.17) is 9.98 Å². The highest BCUT2D eigenvalue weighted by Crippen LogP contribution is 2.66. The Kier molecular flexibility index (Phi) is 7.07. The molecule has 2 aliphatic heterocycles. The van der Waals surface area contributed by atoms with E-state index in [9.17, 15) is 0 Å². The number of hydrogen-bond donors (Lipinski definition) is 0. The molecule has 0 N–H and O–H groups in total. The van der Waals surface area contributed by atoms with E-state index in [-0.39, 0.29) is 0 Å². The van der Waals surface area contributed by atoms with Gasteiger partial charge in [0.05, 0.1) is 27.5 Å². The molecule has 2 nitrogen and oxygen atoms in total. The van der Waals surface area contributed by atoms with Crippen molar-refractivity contribution < 1.29 is 0 Å². The Morgan fingerprint density at radius 3 is 1.70 bits per heavy atom. The summed E-state index contributed by atoms with van der Waals surface area (Å²) < 4.78 is 0. The van der Waals surface area contributed by atoms with Gasteiger partial charge in [-0.05, 0) is 125 Å². The quantitative estimate of drug-likeness (QED) is 0.169. The van der Waals surface area contributed by atoms with Crippen LogP contribution in [0.25, 0.3) is 73.4 Å². The minimum absolute atomic E-state index is 0.631. The van der Waals surface area contributed by atoms with Crippen molar-refractivity contribution in [2.45, 2.75) is 0 Å². The molecular formula is C61H36N2. The molecule has 0 saturated heterocycles. The first-order valence-corrected chi connectivity index (χ1v) is 21.8. The molecule has 2 heteroatoms. The molecule has 63 heavy (non-hydrogen) atoms. The molecule has 1 atom stereocenters. The molecular weight excluding hydrogens is 761 g/mol. The molecule has 0 aromatic heterocycles. The fourth-order valence-electron chi connectivity index (χ4n) is 11.4. The molecule has 1 unspecified atom stereocenters. The van der Waals surface area contributed by atoms with Crippen LogP contribution in [0.1, 0.15) is 27.8 Å². The summed E-state index contributed by atoms with van der Waals surface area (Å²) in [5.74, 6) is 0. The van der Waals surface area contributed by atoms with Gasteiger partial charge in [0.1, 0.15) is 0 Å². The predicted molar refractivity (Wildman–Crippen MR) is 258 cm³/mol. The van der Waals surface area contributed by atoms with Gasteiger partial charge in [-0.15, -0.1) is 0 Å². The van der Waals surface area contributed by atoms with E-state index in [1.165, 1.54) is 89.1 Å². The first kappa shape index (κ1) is 34.5. The van der Waals surface area contributed by atoms with Crippen molar-refractivity contribution in [2.75, 3.05) is 0 Å². The molecule has 1 spiro atoms. The van der Waals surface area contributed by atoms with Crippen LogP contribution in [-0.4, -0.2) is 0 Å². The van der Waals surface area contributed by atoms with E-state index in [0.717, 1.165) is 43.7 Å². The molecule has 8 aromatic rings. The van der Waals surface area contributed by atoms with Gasteiger partial charge in [0, 0.05) is 21.6 Å². The van der Waals surface area contributed by atoms with Crippen molar-refractivity contribution in [1.82, 2.24) is 0 Å². The van der Waals surface area contributed by atoms with Crippen molar-refractivity contribution in [3.63, 3.8) is 0 Å². The SMILES string of the molecule is C1=CC2(C3=Cc4ccccc4C3=C1)C1=Cc3ccccc3C1=CC=C2c1c(-c2ccccc2-c2ccccc2-c2ccccc2)ccc2c1-c1c3c(ccc1=N2)=c1ccccc1=N3. The molecule has 0 amide bonds. The maximum Gasteiger partial charge on any atom is 0.0817 e. The largest absolute Gasteiger partial charge is 0.248 e. The number of fused-ring (bicyclic) bond motifs is 14. The van der Waals surface area contributed by atoms with Crippen LogP contribution in [0.4, 0.5) is 11.4 Å². The fraction of sp³-hybridized carbons (Fsp3) is 0.0164. The lowest BCUT2D eigenvalue weighted by Gasteiger charge is -2.43. The molecule has 0 bridgehead atoms. The van der Waals surface area contributed by atoms with Crippen LogP contribution in [0.5, 0.6) is 0 Å². The second kappa shape index (κ2) is 12.9. The van der Waals surface area contributed by atoms with Crippen LogP contribution < -0.4 is 10.7 Å². The van der Waals surface area contributed by atoms with E-state index in [1.807, 2.05) is 0 Å². The smallest absolute Gasteiger partial charge is 0.0817 e. The van der Waals surface area contributed by atoms with Gasteiger partial charge in [-0.3, -0.25) is 0 Å². The molecule has 6 aliphatic rings. The van der Waals surface area contributed by atoms with Gasteiger partial charge in [0.2, 0.25) is 0 Å². The zero-order valence-corrected chi connectivity index (χ0v) is 34.2. The molecule has 290 valence electrons. The first-order chi connectivity index (χ1) is 31.2. The number of rotatable bonds is 4. The first-order valence-electron chi connectivity index (χ1n) is 21.8. The van der Waals surface area contributed by atoms with E-state index >= 15 is 0 Å². The summed E-state index contributed by atoms with van der Waals surface area (Å²) in [6.07, 6.45) is 16.9. The third kappa shape index (κ3) is 4.72. The van der Waals surface area contributed by atoms with Crippen LogP contribution in [0.3, 0.4) is 0 Å². The molecule has 8 aromatic carbocycles. The van der Waals surface area contributed by atoms with Crippen LogP contribution >= 0.6 is 0 Å². The van der Waals surface area contributed by atoms with Crippen molar-refractivity contribution in [3.8, 4) is 44.5 Å². The van der Waals surface area contributed by atoms with Crippen LogP contribution in [-0.2, 0) is 0 Å². The predicted octanol–water partition coefficient (Wildman–Crippen LogP) is 14.1. The zero-order valence-electron chi connectivity index (χ0n) is 34.2. The number of benzene rings is 8. The Bertz CT molecular complexity index is 3810. The fourth-order valence-corrected chi connectivity index (χ4v) is 11.4. The molecule has 14 rings (SSSR count). The minimum Gasteiger partial charge on any atom is -0.248 e. The zero-order chi connectivity index (χ0) is 41.2. The molecule has 0 fully saturated rings. The molecule has 4 aliphatic carbocycles. The minimum atomic E-state index is -0.631. The van der Waals surface area contributed by atoms with Gasteiger partial charge in [-0.25, -0.2) is 9.98 Å². The summed E-state index contributed by atoms with van der Waals surface area (Å²) in [5.41, 5.74) is 23.4. The summed E-state index contributed by atoms with van der Waals surface area (Å²) >= 11 is 0. The van der Waals surface area contributed by atoms with Gasteiger partial charge < -0.3 is 0 Å². The third-order valence-electron chi connectivity index (χ3n) is 14.0. The van der Waals surface area contributed by atoms with Crippen LogP contribution in [0, 0.1) is 15.9 Å². The Labute approximate surface area is 365 Å². The normalized spacial score (nSPS) is 17.3. The summed E-state index contributed by atoms with van der Waals surface area (Å²) in [6, 6.07) is 63.9. The second-order valence-electron chi connectivity index (χ2n) is 17.1. The lowest BCUT2D eigenvalue weighted by Crippen LogP contribution is -2.29. The van der Waals surface area contributed by atoms with Crippen LogP contribution in [0.2, 0.25) is 0 Å². The van der Waals surface area contributed by atoms with Crippen molar-refractivity contribution in [2.24, 2.45) is 15.4 Å². The highest BCUT2D eigenvalue weighted by molar-refractivity contribution is 6.14. The van der Waals surface area contributed by atoms with Gasteiger partial charge >= 0.3 is 0 Å². The summed E-state index contributed by atoms with van der Waals surface area (Å²) in [4.78, 5) is 10.9. The summed E-state index contributed by atoms with van der Waals surface area (Å²) in [5, 5.41) is 4.28. The van der Waals surface area contributed by atoms with E-state index < -0.39 is 5.41 Å².